The van der Waals surface area contributed by atoms with Crippen LogP contribution in [0.2, 0.25) is 0 Å². The van der Waals surface area contributed by atoms with Crippen LogP contribution in [0.5, 0.6) is 0 Å². The molecule has 2 atom stereocenters. The van der Waals surface area contributed by atoms with E-state index in [-0.39, 0.29) is 17.9 Å². The largest absolute Gasteiger partial charge is 0.391 e. The Balaban J connectivity index is 1.53. The van der Waals surface area contributed by atoms with E-state index in [9.17, 15) is 9.90 Å². The van der Waals surface area contributed by atoms with Gasteiger partial charge in [0.2, 0.25) is 5.91 Å². The smallest absolute Gasteiger partial charge is 0.219 e. The molecule has 0 spiro atoms. The molecule has 6 nitrogen and oxygen atoms in total. The highest BCUT2D eigenvalue weighted by Gasteiger charge is 2.36. The van der Waals surface area contributed by atoms with Crippen LogP contribution in [0.25, 0.3) is 0 Å². The predicted octanol–water partition coefficient (Wildman–Crippen LogP) is 0.564. The summed E-state index contributed by atoms with van der Waals surface area (Å²) in [4.78, 5) is 15.7. The number of hydrogen-bond acceptors (Lipinski definition) is 4. The first-order valence-corrected chi connectivity index (χ1v) is 8.21. The maximum Gasteiger partial charge on any atom is 0.219 e. The van der Waals surface area contributed by atoms with Gasteiger partial charge in [-0.25, -0.2) is 0 Å². The van der Waals surface area contributed by atoms with Gasteiger partial charge in [0.05, 0.1) is 11.8 Å². The number of nitrogens with one attached hydrogen (secondary N) is 1. The van der Waals surface area contributed by atoms with Gasteiger partial charge < -0.3 is 10.0 Å². The number of aromatic nitrogens is 2. The molecule has 0 aliphatic carbocycles. The van der Waals surface area contributed by atoms with Gasteiger partial charge in [-0.2, -0.15) is 5.10 Å². The van der Waals surface area contributed by atoms with Gasteiger partial charge in [0.15, 0.2) is 0 Å². The second kappa shape index (κ2) is 6.38. The van der Waals surface area contributed by atoms with Crippen LogP contribution in [0.1, 0.15) is 31.2 Å². The molecule has 0 saturated carbocycles. The molecule has 2 saturated heterocycles. The molecule has 2 fully saturated rings. The summed E-state index contributed by atoms with van der Waals surface area (Å²) in [5.41, 5.74) is 2.10. The summed E-state index contributed by atoms with van der Waals surface area (Å²) in [5, 5.41) is 17.6. The fraction of sp³-hybridized carbons (Fsp3) is 0.750. The Morgan fingerprint density at radius 1 is 1.41 bits per heavy atom. The van der Waals surface area contributed by atoms with Gasteiger partial charge >= 0.3 is 0 Å². The molecule has 2 aliphatic heterocycles. The SMILES string of the molecule is CC(=O)N1CCC(N2C[C@@H](Cc3cc(C)[nH]n3)[C@@H](O)C2)CC1. The summed E-state index contributed by atoms with van der Waals surface area (Å²) in [7, 11) is 0. The van der Waals surface area contributed by atoms with Crippen molar-refractivity contribution in [2.45, 2.75) is 45.3 Å². The summed E-state index contributed by atoms with van der Waals surface area (Å²) in [5.74, 6) is 0.431. The van der Waals surface area contributed by atoms with Gasteiger partial charge in [-0.15, -0.1) is 0 Å². The van der Waals surface area contributed by atoms with Gasteiger partial charge in [0.1, 0.15) is 0 Å². The number of piperidine rings is 1. The lowest BCUT2D eigenvalue weighted by Crippen LogP contribution is -2.45. The number of aryl methyl sites for hydroxylation is 1. The molecule has 6 heteroatoms. The number of amides is 1. The van der Waals surface area contributed by atoms with E-state index in [0.717, 1.165) is 56.8 Å². The number of H-pyrrole nitrogens is 1. The number of aliphatic hydroxyl groups is 1. The van der Waals surface area contributed by atoms with E-state index in [1.54, 1.807) is 6.92 Å². The number of hydrogen-bond donors (Lipinski definition) is 2. The molecule has 2 aliphatic rings. The molecule has 0 aromatic carbocycles. The van der Waals surface area contributed by atoms with Crippen LogP contribution in [0.15, 0.2) is 6.07 Å². The number of likely N-dealkylation sites (tertiary alicyclic amines) is 2. The molecule has 3 rings (SSSR count). The monoisotopic (exact) mass is 306 g/mol. The fourth-order valence-corrected chi connectivity index (χ4v) is 3.78. The van der Waals surface area contributed by atoms with Gasteiger partial charge in [-0.3, -0.25) is 14.8 Å². The fourth-order valence-electron chi connectivity index (χ4n) is 3.78. The summed E-state index contributed by atoms with van der Waals surface area (Å²) in [6.45, 7) is 7.00. The number of nitrogens with zero attached hydrogens (tertiary/aromatic N) is 3. The lowest BCUT2D eigenvalue weighted by molar-refractivity contribution is -0.130. The van der Waals surface area contributed by atoms with Crippen molar-refractivity contribution in [3.05, 3.63) is 17.5 Å². The van der Waals surface area contributed by atoms with Crippen molar-refractivity contribution < 1.29 is 9.90 Å². The highest BCUT2D eigenvalue weighted by molar-refractivity contribution is 5.73. The second-order valence-corrected chi connectivity index (χ2v) is 6.76. The zero-order valence-corrected chi connectivity index (χ0v) is 13.5. The average Bonchev–Trinajstić information content (AvgIpc) is 3.06. The zero-order valence-electron chi connectivity index (χ0n) is 13.5. The number of rotatable bonds is 3. The minimum Gasteiger partial charge on any atom is -0.391 e. The maximum atomic E-state index is 11.4. The average molecular weight is 306 g/mol. The number of aliphatic hydroxyl groups excluding tert-OH is 1. The molecule has 122 valence electrons. The Hall–Kier alpha value is -1.40. The Morgan fingerprint density at radius 2 is 2.14 bits per heavy atom. The highest BCUT2D eigenvalue weighted by atomic mass is 16.3. The first kappa shape index (κ1) is 15.5. The Kier molecular flexibility index (Phi) is 4.49. The molecular formula is C16H26N4O2. The Labute approximate surface area is 131 Å². The first-order chi connectivity index (χ1) is 10.5. The van der Waals surface area contributed by atoms with Gasteiger partial charge in [-0.05, 0) is 32.3 Å². The van der Waals surface area contributed by atoms with Crippen LogP contribution < -0.4 is 0 Å². The van der Waals surface area contributed by atoms with Crippen LogP contribution in [0, 0.1) is 12.8 Å². The van der Waals surface area contributed by atoms with E-state index in [1.165, 1.54) is 0 Å². The summed E-state index contributed by atoms with van der Waals surface area (Å²) >= 11 is 0. The van der Waals surface area contributed by atoms with Gasteiger partial charge in [0, 0.05) is 50.8 Å². The zero-order chi connectivity index (χ0) is 15.7. The van der Waals surface area contributed by atoms with Crippen LogP contribution in [0.3, 0.4) is 0 Å². The molecular weight excluding hydrogens is 280 g/mol. The number of carbonyl (C=O) groups is 1. The third-order valence-corrected chi connectivity index (χ3v) is 5.09. The Morgan fingerprint density at radius 3 is 2.73 bits per heavy atom. The minimum atomic E-state index is -0.275. The molecule has 2 N–H and O–H groups in total. The van der Waals surface area contributed by atoms with Crippen LogP contribution >= 0.6 is 0 Å². The predicted molar refractivity (Wildman–Crippen MR) is 83.4 cm³/mol. The number of carbonyl (C=O) groups excluding carboxylic acids is 1. The third kappa shape index (κ3) is 3.33. The summed E-state index contributed by atoms with van der Waals surface area (Å²) in [6.07, 6.45) is 2.58. The maximum absolute atomic E-state index is 11.4. The van der Waals surface area contributed by atoms with Crippen LogP contribution in [-0.2, 0) is 11.2 Å². The van der Waals surface area contributed by atoms with Crippen LogP contribution in [-0.4, -0.2) is 69.3 Å². The molecule has 0 radical (unpaired) electrons. The highest BCUT2D eigenvalue weighted by Crippen LogP contribution is 2.26. The van der Waals surface area contributed by atoms with E-state index in [1.807, 2.05) is 11.8 Å². The summed E-state index contributed by atoms with van der Waals surface area (Å²) in [6, 6.07) is 2.55. The lowest BCUT2D eigenvalue weighted by Gasteiger charge is -2.36. The molecule has 1 aromatic heterocycles. The lowest BCUT2D eigenvalue weighted by atomic mass is 10.00. The number of aromatic amines is 1. The minimum absolute atomic E-state index is 0.173. The molecule has 1 amide bonds. The molecule has 0 unspecified atom stereocenters. The quantitative estimate of drug-likeness (QED) is 0.856. The Bertz CT molecular complexity index is 522. The van der Waals surface area contributed by atoms with Crippen molar-refractivity contribution in [3.8, 4) is 0 Å². The van der Waals surface area contributed by atoms with E-state index in [0.29, 0.717) is 6.04 Å². The second-order valence-electron chi connectivity index (χ2n) is 6.76. The van der Waals surface area contributed by atoms with Crippen LogP contribution in [0.4, 0.5) is 0 Å². The van der Waals surface area contributed by atoms with Crippen molar-refractivity contribution in [2.75, 3.05) is 26.2 Å². The van der Waals surface area contributed by atoms with Crippen molar-refractivity contribution in [3.63, 3.8) is 0 Å². The standard InChI is InChI=1S/C16H26N4O2/c1-11-7-14(18-17-11)8-13-9-20(10-16(13)22)15-3-5-19(6-4-15)12(2)21/h7,13,15-16,22H,3-6,8-10H2,1-2H3,(H,17,18)/t13-,16+/m1/s1. The van der Waals surface area contributed by atoms with Gasteiger partial charge in [-0.1, -0.05) is 0 Å². The van der Waals surface area contributed by atoms with Crippen molar-refractivity contribution in [1.82, 2.24) is 20.0 Å². The molecule has 3 heterocycles. The summed E-state index contributed by atoms with van der Waals surface area (Å²) < 4.78 is 0. The van der Waals surface area contributed by atoms with E-state index < -0.39 is 0 Å². The van der Waals surface area contributed by atoms with E-state index in [4.69, 9.17) is 0 Å². The van der Waals surface area contributed by atoms with Crippen molar-refractivity contribution in [2.24, 2.45) is 5.92 Å². The molecule has 0 bridgehead atoms. The first-order valence-electron chi connectivity index (χ1n) is 8.21. The third-order valence-electron chi connectivity index (χ3n) is 5.09. The molecule has 22 heavy (non-hydrogen) atoms. The normalized spacial score (nSPS) is 27.5. The topological polar surface area (TPSA) is 72.5 Å². The van der Waals surface area contributed by atoms with E-state index in [2.05, 4.69) is 21.2 Å². The molecule has 1 aromatic rings. The van der Waals surface area contributed by atoms with E-state index >= 15 is 0 Å². The van der Waals surface area contributed by atoms with Gasteiger partial charge in [0.25, 0.3) is 0 Å². The van der Waals surface area contributed by atoms with Crippen molar-refractivity contribution in [1.29, 1.82) is 0 Å². The number of β-amino-alcohol motifs (C(OH)–C–C–N with tert-alkyl or cyclic N) is 1. The van der Waals surface area contributed by atoms with Crippen molar-refractivity contribution >= 4 is 5.91 Å².